The minimum absolute atomic E-state index is 0.405. The van der Waals surface area contributed by atoms with E-state index >= 15 is 0 Å². The topological polar surface area (TPSA) is 0 Å². The van der Waals surface area contributed by atoms with Gasteiger partial charge < -0.3 is 0 Å². The molecule has 0 amide bonds. The summed E-state index contributed by atoms with van der Waals surface area (Å²) in [5.41, 5.74) is 0.986. The van der Waals surface area contributed by atoms with Gasteiger partial charge in [0.05, 0.1) is 3.57 Å². The minimum atomic E-state index is -0.706. The van der Waals surface area contributed by atoms with Crippen LogP contribution < -0.4 is 0 Å². The summed E-state index contributed by atoms with van der Waals surface area (Å²) in [5, 5.41) is 0. The van der Waals surface area contributed by atoms with Crippen molar-refractivity contribution in [3.05, 3.63) is 32.9 Å². The molecule has 20 heavy (non-hydrogen) atoms. The van der Waals surface area contributed by atoms with E-state index < -0.39 is 11.6 Å². The van der Waals surface area contributed by atoms with Gasteiger partial charge in [0.1, 0.15) is 0 Å². The lowest BCUT2D eigenvalue weighted by Gasteiger charge is -2.29. The number of hydrogen-bond donors (Lipinski definition) is 0. The summed E-state index contributed by atoms with van der Waals surface area (Å²) in [5.74, 6) is -0.136. The first-order valence-electron chi connectivity index (χ1n) is 7.76. The molecule has 0 N–H and O–H groups in total. The van der Waals surface area contributed by atoms with Gasteiger partial charge in [0.2, 0.25) is 0 Å². The Morgan fingerprint density at radius 2 is 1.80 bits per heavy atom. The maximum absolute atomic E-state index is 13.5. The van der Waals surface area contributed by atoms with E-state index in [0.29, 0.717) is 9.49 Å². The van der Waals surface area contributed by atoms with Gasteiger partial charge in [-0.15, -0.1) is 0 Å². The lowest BCUT2D eigenvalue weighted by molar-refractivity contribution is 0.302. The normalized spacial score (nSPS) is 23.0. The smallest absolute Gasteiger partial charge is 0.172 e. The van der Waals surface area contributed by atoms with Crippen LogP contribution in [-0.2, 0) is 0 Å². The van der Waals surface area contributed by atoms with Crippen molar-refractivity contribution >= 4 is 22.6 Å². The Labute approximate surface area is 134 Å². The van der Waals surface area contributed by atoms with Crippen molar-refractivity contribution in [1.29, 1.82) is 0 Å². The molecule has 3 heteroatoms. The molecule has 0 aliphatic heterocycles. The van der Waals surface area contributed by atoms with E-state index in [1.165, 1.54) is 44.6 Å². The van der Waals surface area contributed by atoms with E-state index in [2.05, 4.69) is 6.92 Å². The number of rotatable bonds is 5. The predicted molar refractivity (Wildman–Crippen MR) is 87.9 cm³/mol. The molecule has 1 aromatic carbocycles. The summed E-state index contributed by atoms with van der Waals surface area (Å²) < 4.78 is 27.2. The summed E-state index contributed by atoms with van der Waals surface area (Å²) in [6, 6.07) is 3.22. The molecular weight excluding hydrogens is 369 g/mol. The summed E-state index contributed by atoms with van der Waals surface area (Å²) in [4.78, 5) is 0. The first-order chi connectivity index (χ1) is 9.61. The average Bonchev–Trinajstić information content (AvgIpc) is 2.45. The molecule has 1 aliphatic rings. The zero-order chi connectivity index (χ0) is 14.5. The van der Waals surface area contributed by atoms with Gasteiger partial charge in [0.15, 0.2) is 11.6 Å². The predicted octanol–water partition coefficient (Wildman–Crippen LogP) is 6.42. The molecule has 0 radical (unpaired) electrons. The van der Waals surface area contributed by atoms with Crippen molar-refractivity contribution in [1.82, 2.24) is 0 Å². The molecule has 0 aromatic heterocycles. The lowest BCUT2D eigenvalue weighted by Crippen LogP contribution is -2.14. The summed E-state index contributed by atoms with van der Waals surface area (Å²) >= 11 is 1.88. The van der Waals surface area contributed by atoms with Crippen molar-refractivity contribution in [2.75, 3.05) is 0 Å². The molecule has 2 rings (SSSR count). The maximum Gasteiger partial charge on any atom is 0.172 e. The van der Waals surface area contributed by atoms with Crippen LogP contribution in [0, 0.1) is 21.1 Å². The number of unbranched alkanes of at least 4 members (excludes halogenated alkanes) is 2. The largest absolute Gasteiger partial charge is 0.204 e. The number of halogens is 3. The van der Waals surface area contributed by atoms with Gasteiger partial charge >= 0.3 is 0 Å². The highest BCUT2D eigenvalue weighted by atomic mass is 127. The number of benzene rings is 1. The highest BCUT2D eigenvalue weighted by Gasteiger charge is 2.23. The van der Waals surface area contributed by atoms with E-state index in [1.807, 2.05) is 28.7 Å². The molecule has 1 aromatic rings. The van der Waals surface area contributed by atoms with Gasteiger partial charge in [-0.3, -0.25) is 0 Å². The molecular formula is C17H23F2I. The lowest BCUT2D eigenvalue weighted by atomic mass is 9.77. The quantitative estimate of drug-likeness (QED) is 0.308. The second kappa shape index (κ2) is 7.71. The van der Waals surface area contributed by atoms with Gasteiger partial charge in [-0.2, -0.15) is 0 Å². The van der Waals surface area contributed by atoms with Crippen molar-refractivity contribution in [3.8, 4) is 0 Å². The molecule has 1 fully saturated rings. The van der Waals surface area contributed by atoms with Crippen LogP contribution in [0.3, 0.4) is 0 Å². The Bertz CT molecular complexity index is 414. The van der Waals surface area contributed by atoms with Crippen molar-refractivity contribution in [2.24, 2.45) is 5.92 Å². The second-order valence-electron chi connectivity index (χ2n) is 6.01. The van der Waals surface area contributed by atoms with Gasteiger partial charge in [-0.05, 0) is 77.8 Å². The summed E-state index contributed by atoms with van der Waals surface area (Å²) in [7, 11) is 0. The number of hydrogen-bond acceptors (Lipinski definition) is 0. The fraction of sp³-hybridized carbons (Fsp3) is 0.647. The monoisotopic (exact) mass is 392 g/mol. The van der Waals surface area contributed by atoms with Gasteiger partial charge in [-0.1, -0.05) is 32.6 Å². The standard InChI is InChI=1S/C17H23F2I/c1-2-3-4-5-12-6-8-13(9-7-12)14-10-15(18)17(19)16(20)11-14/h10-13H,2-9H2,1H3. The SMILES string of the molecule is CCCCCC1CCC(c2cc(F)c(F)c(I)c2)CC1. The Kier molecular flexibility index (Phi) is 6.24. The molecule has 1 aliphatic carbocycles. The maximum atomic E-state index is 13.5. The van der Waals surface area contributed by atoms with Crippen LogP contribution in [0.1, 0.15) is 69.8 Å². The van der Waals surface area contributed by atoms with Gasteiger partial charge in [0, 0.05) is 0 Å². The molecule has 1 saturated carbocycles. The van der Waals surface area contributed by atoms with Gasteiger partial charge in [0.25, 0.3) is 0 Å². The minimum Gasteiger partial charge on any atom is -0.204 e. The van der Waals surface area contributed by atoms with Crippen LogP contribution in [0.2, 0.25) is 0 Å². The first kappa shape index (κ1) is 16.2. The Morgan fingerprint density at radius 3 is 2.40 bits per heavy atom. The molecule has 0 atom stereocenters. The fourth-order valence-corrected chi connectivity index (χ4v) is 3.90. The van der Waals surface area contributed by atoms with E-state index in [-0.39, 0.29) is 0 Å². The molecule has 112 valence electrons. The van der Waals surface area contributed by atoms with E-state index in [1.54, 1.807) is 0 Å². The third kappa shape index (κ3) is 4.15. The highest BCUT2D eigenvalue weighted by Crippen LogP contribution is 2.38. The van der Waals surface area contributed by atoms with E-state index in [4.69, 9.17) is 0 Å². The molecule has 0 spiro atoms. The van der Waals surface area contributed by atoms with Crippen LogP contribution in [0.15, 0.2) is 12.1 Å². The van der Waals surface area contributed by atoms with Crippen molar-refractivity contribution < 1.29 is 8.78 Å². The Morgan fingerprint density at radius 1 is 1.10 bits per heavy atom. The van der Waals surface area contributed by atoms with Crippen LogP contribution in [0.25, 0.3) is 0 Å². The van der Waals surface area contributed by atoms with Crippen LogP contribution in [0.5, 0.6) is 0 Å². The zero-order valence-corrected chi connectivity index (χ0v) is 14.3. The first-order valence-corrected chi connectivity index (χ1v) is 8.84. The third-order valence-corrected chi connectivity index (χ3v) is 5.33. The third-order valence-electron chi connectivity index (χ3n) is 4.54. The van der Waals surface area contributed by atoms with Crippen LogP contribution in [0.4, 0.5) is 8.78 Å². The fourth-order valence-electron chi connectivity index (χ4n) is 3.28. The molecule has 0 unspecified atom stereocenters. The van der Waals surface area contributed by atoms with Crippen molar-refractivity contribution in [2.45, 2.75) is 64.2 Å². The van der Waals surface area contributed by atoms with Crippen LogP contribution in [-0.4, -0.2) is 0 Å². The van der Waals surface area contributed by atoms with E-state index in [9.17, 15) is 8.78 Å². The van der Waals surface area contributed by atoms with Crippen LogP contribution >= 0.6 is 22.6 Å². The van der Waals surface area contributed by atoms with E-state index in [0.717, 1.165) is 24.3 Å². The summed E-state index contributed by atoms with van der Waals surface area (Å²) in [6.45, 7) is 2.24. The second-order valence-corrected chi connectivity index (χ2v) is 7.17. The molecule has 0 heterocycles. The molecule has 0 nitrogen and oxygen atoms in total. The Balaban J connectivity index is 1.90. The highest BCUT2D eigenvalue weighted by molar-refractivity contribution is 14.1. The van der Waals surface area contributed by atoms with Gasteiger partial charge in [-0.25, -0.2) is 8.78 Å². The Hall–Kier alpha value is -0.190. The average molecular weight is 392 g/mol. The van der Waals surface area contributed by atoms with Crippen molar-refractivity contribution in [3.63, 3.8) is 0 Å². The molecule has 0 saturated heterocycles. The zero-order valence-electron chi connectivity index (χ0n) is 12.1. The summed E-state index contributed by atoms with van der Waals surface area (Å²) in [6.07, 6.45) is 10.0. The molecule has 0 bridgehead atoms.